The van der Waals surface area contributed by atoms with Crippen LogP contribution in [0.1, 0.15) is 18.9 Å². The molecule has 1 unspecified atom stereocenters. The standard InChI is InChI=1S/C13H16F2N2O.ClH/c1-13(4-5-16-8-13)12(18)17-7-9-2-3-10(14)6-11(9)15;/h2-3,6,16H,4-5,7-8H2,1H3,(H,17,18);1H. The first-order chi connectivity index (χ1) is 8.51. The van der Waals surface area contributed by atoms with Gasteiger partial charge in [0.25, 0.3) is 0 Å². The molecule has 2 rings (SSSR count). The average molecular weight is 291 g/mol. The zero-order valence-electron chi connectivity index (χ0n) is 10.6. The molecule has 1 aromatic rings. The van der Waals surface area contributed by atoms with Crippen molar-refractivity contribution >= 4 is 18.3 Å². The fraction of sp³-hybridized carbons (Fsp3) is 0.462. The fourth-order valence-corrected chi connectivity index (χ4v) is 2.06. The number of nitrogens with one attached hydrogen (secondary N) is 2. The fourth-order valence-electron chi connectivity index (χ4n) is 2.06. The van der Waals surface area contributed by atoms with Gasteiger partial charge in [0, 0.05) is 24.7 Å². The number of rotatable bonds is 3. The molecule has 3 nitrogen and oxygen atoms in total. The Labute approximate surface area is 117 Å². The third-order valence-electron chi connectivity index (χ3n) is 3.37. The van der Waals surface area contributed by atoms with Gasteiger partial charge in [-0.05, 0) is 26.0 Å². The molecule has 19 heavy (non-hydrogen) atoms. The van der Waals surface area contributed by atoms with Crippen molar-refractivity contribution in [2.24, 2.45) is 5.41 Å². The summed E-state index contributed by atoms with van der Waals surface area (Å²) in [5.41, 5.74) is -0.143. The highest BCUT2D eigenvalue weighted by Gasteiger charge is 2.35. The second-order valence-electron chi connectivity index (χ2n) is 4.91. The number of hydrogen-bond acceptors (Lipinski definition) is 2. The lowest BCUT2D eigenvalue weighted by Crippen LogP contribution is -2.40. The largest absolute Gasteiger partial charge is 0.351 e. The second kappa shape index (κ2) is 6.30. The molecule has 1 atom stereocenters. The molecule has 1 heterocycles. The van der Waals surface area contributed by atoms with Gasteiger partial charge in [-0.25, -0.2) is 8.78 Å². The van der Waals surface area contributed by atoms with Crippen LogP contribution in [0.3, 0.4) is 0 Å². The Morgan fingerprint density at radius 1 is 1.47 bits per heavy atom. The molecule has 1 aliphatic rings. The number of benzene rings is 1. The van der Waals surface area contributed by atoms with Crippen molar-refractivity contribution in [3.05, 3.63) is 35.4 Å². The van der Waals surface area contributed by atoms with Gasteiger partial charge in [0.05, 0.1) is 5.41 Å². The van der Waals surface area contributed by atoms with E-state index in [1.807, 2.05) is 6.92 Å². The average Bonchev–Trinajstić information content (AvgIpc) is 2.76. The van der Waals surface area contributed by atoms with Crippen molar-refractivity contribution in [3.8, 4) is 0 Å². The number of hydrogen-bond donors (Lipinski definition) is 2. The molecule has 0 spiro atoms. The van der Waals surface area contributed by atoms with E-state index in [-0.39, 0.29) is 24.9 Å². The Morgan fingerprint density at radius 2 is 2.21 bits per heavy atom. The Hall–Kier alpha value is -1.20. The van der Waals surface area contributed by atoms with Crippen molar-refractivity contribution in [2.75, 3.05) is 13.1 Å². The Bertz CT molecular complexity index is 462. The molecule has 0 radical (unpaired) electrons. The van der Waals surface area contributed by atoms with E-state index in [4.69, 9.17) is 0 Å². The molecule has 1 saturated heterocycles. The van der Waals surface area contributed by atoms with Crippen LogP contribution in [0.25, 0.3) is 0 Å². The summed E-state index contributed by atoms with van der Waals surface area (Å²) in [5, 5.41) is 5.83. The smallest absolute Gasteiger partial charge is 0.227 e. The van der Waals surface area contributed by atoms with Gasteiger partial charge in [0.1, 0.15) is 11.6 Å². The molecular weight excluding hydrogens is 274 g/mol. The molecule has 1 amide bonds. The van der Waals surface area contributed by atoms with Gasteiger partial charge in [-0.2, -0.15) is 0 Å². The molecule has 0 bridgehead atoms. The lowest BCUT2D eigenvalue weighted by atomic mass is 9.89. The zero-order chi connectivity index (χ0) is 13.2. The molecular formula is C13H17ClF2N2O. The molecule has 0 saturated carbocycles. The molecule has 1 fully saturated rings. The number of carbonyl (C=O) groups excluding carboxylic acids is 1. The summed E-state index contributed by atoms with van der Waals surface area (Å²) >= 11 is 0. The van der Waals surface area contributed by atoms with Crippen molar-refractivity contribution in [1.82, 2.24) is 10.6 Å². The summed E-state index contributed by atoms with van der Waals surface area (Å²) in [6.07, 6.45) is 0.769. The van der Waals surface area contributed by atoms with Crippen LogP contribution >= 0.6 is 12.4 Å². The maximum absolute atomic E-state index is 13.4. The van der Waals surface area contributed by atoms with E-state index in [1.165, 1.54) is 12.1 Å². The highest BCUT2D eigenvalue weighted by atomic mass is 35.5. The predicted octanol–water partition coefficient (Wildman–Crippen LogP) is 2.00. The third-order valence-corrected chi connectivity index (χ3v) is 3.37. The summed E-state index contributed by atoms with van der Waals surface area (Å²) in [6, 6.07) is 3.35. The molecule has 6 heteroatoms. The van der Waals surface area contributed by atoms with Crippen molar-refractivity contribution < 1.29 is 13.6 Å². The van der Waals surface area contributed by atoms with E-state index in [2.05, 4.69) is 10.6 Å². The van der Waals surface area contributed by atoms with E-state index in [9.17, 15) is 13.6 Å². The van der Waals surface area contributed by atoms with Gasteiger partial charge in [-0.15, -0.1) is 12.4 Å². The summed E-state index contributed by atoms with van der Waals surface area (Å²) in [4.78, 5) is 12.0. The Kier molecular flexibility index (Phi) is 5.26. The number of amides is 1. The monoisotopic (exact) mass is 290 g/mol. The van der Waals surface area contributed by atoms with Crippen LogP contribution in [0.4, 0.5) is 8.78 Å². The van der Waals surface area contributed by atoms with Crippen LogP contribution in [-0.2, 0) is 11.3 Å². The van der Waals surface area contributed by atoms with E-state index in [1.54, 1.807) is 0 Å². The topological polar surface area (TPSA) is 41.1 Å². The summed E-state index contributed by atoms with van der Waals surface area (Å²) in [7, 11) is 0. The van der Waals surface area contributed by atoms with Crippen molar-refractivity contribution in [1.29, 1.82) is 0 Å². The van der Waals surface area contributed by atoms with Gasteiger partial charge in [-0.1, -0.05) is 6.07 Å². The van der Waals surface area contributed by atoms with Crippen molar-refractivity contribution in [2.45, 2.75) is 19.9 Å². The minimum Gasteiger partial charge on any atom is -0.351 e. The van der Waals surface area contributed by atoms with Crippen LogP contribution in [-0.4, -0.2) is 19.0 Å². The van der Waals surface area contributed by atoms with Crippen LogP contribution < -0.4 is 10.6 Å². The minimum atomic E-state index is -0.634. The number of carbonyl (C=O) groups is 1. The maximum atomic E-state index is 13.4. The van der Waals surface area contributed by atoms with Gasteiger partial charge in [0.15, 0.2) is 0 Å². The first kappa shape index (κ1) is 15.9. The summed E-state index contributed by atoms with van der Waals surface area (Å²) in [5.74, 6) is -1.35. The third kappa shape index (κ3) is 3.64. The van der Waals surface area contributed by atoms with Crippen LogP contribution in [0, 0.1) is 17.0 Å². The minimum absolute atomic E-state index is 0. The Morgan fingerprint density at radius 3 is 2.79 bits per heavy atom. The van der Waals surface area contributed by atoms with Gasteiger partial charge >= 0.3 is 0 Å². The van der Waals surface area contributed by atoms with E-state index < -0.39 is 17.0 Å². The summed E-state index contributed by atoms with van der Waals surface area (Å²) < 4.78 is 26.1. The van der Waals surface area contributed by atoms with E-state index in [0.717, 1.165) is 19.0 Å². The number of halogens is 3. The van der Waals surface area contributed by atoms with Gasteiger partial charge in [-0.3, -0.25) is 4.79 Å². The molecule has 0 aliphatic carbocycles. The van der Waals surface area contributed by atoms with Crippen molar-refractivity contribution in [3.63, 3.8) is 0 Å². The first-order valence-electron chi connectivity index (χ1n) is 5.94. The van der Waals surface area contributed by atoms with Gasteiger partial charge in [0.2, 0.25) is 5.91 Å². The molecule has 1 aromatic carbocycles. The molecule has 0 aromatic heterocycles. The summed E-state index contributed by atoms with van der Waals surface area (Å²) in [6.45, 7) is 3.41. The van der Waals surface area contributed by atoms with Crippen LogP contribution in [0.5, 0.6) is 0 Å². The first-order valence-corrected chi connectivity index (χ1v) is 5.94. The maximum Gasteiger partial charge on any atom is 0.227 e. The molecule has 1 aliphatic heterocycles. The highest BCUT2D eigenvalue weighted by Crippen LogP contribution is 2.24. The zero-order valence-corrected chi connectivity index (χ0v) is 11.4. The van der Waals surface area contributed by atoms with Gasteiger partial charge < -0.3 is 10.6 Å². The highest BCUT2D eigenvalue weighted by molar-refractivity contribution is 5.85. The normalized spacial score (nSPS) is 21.8. The molecule has 2 N–H and O–H groups in total. The second-order valence-corrected chi connectivity index (χ2v) is 4.91. The SMILES string of the molecule is CC1(C(=O)NCc2ccc(F)cc2F)CCNC1.Cl. The molecule has 106 valence electrons. The van der Waals surface area contributed by atoms with E-state index in [0.29, 0.717) is 12.1 Å². The van der Waals surface area contributed by atoms with Crippen LogP contribution in [0.15, 0.2) is 18.2 Å². The quantitative estimate of drug-likeness (QED) is 0.894. The lowest BCUT2D eigenvalue weighted by molar-refractivity contribution is -0.129. The lowest BCUT2D eigenvalue weighted by Gasteiger charge is -2.21. The Balaban J connectivity index is 0.00000180. The van der Waals surface area contributed by atoms with Crippen LogP contribution in [0.2, 0.25) is 0 Å². The van der Waals surface area contributed by atoms with E-state index >= 15 is 0 Å². The predicted molar refractivity (Wildman–Crippen MR) is 71.0 cm³/mol.